The van der Waals surface area contributed by atoms with Gasteiger partial charge in [-0.1, -0.05) is 30.3 Å². The summed E-state index contributed by atoms with van der Waals surface area (Å²) in [5.74, 6) is -0.564. The molecule has 1 aliphatic rings. The molecule has 1 aliphatic heterocycles. The molecular formula is C23H26N2O6. The molecule has 0 spiro atoms. The Morgan fingerprint density at radius 2 is 1.61 bits per heavy atom. The second kappa shape index (κ2) is 9.51. The summed E-state index contributed by atoms with van der Waals surface area (Å²) in [5, 5.41) is 2.82. The van der Waals surface area contributed by atoms with Crippen molar-refractivity contribution < 1.29 is 28.6 Å². The predicted octanol–water partition coefficient (Wildman–Crippen LogP) is 2.47. The van der Waals surface area contributed by atoms with E-state index in [0.717, 1.165) is 16.8 Å². The molecule has 31 heavy (non-hydrogen) atoms. The minimum Gasteiger partial charge on any atom is -0.482 e. The number of aryl methyl sites for hydroxylation is 2. The molecule has 3 rings (SSSR count). The van der Waals surface area contributed by atoms with Crippen molar-refractivity contribution in [3.05, 3.63) is 53.6 Å². The van der Waals surface area contributed by atoms with Gasteiger partial charge in [0, 0.05) is 12.7 Å². The summed E-state index contributed by atoms with van der Waals surface area (Å²) in [6.07, 6.45) is -1.56. The molecule has 2 amide bonds. The number of rotatable bonds is 6. The van der Waals surface area contributed by atoms with E-state index in [0.29, 0.717) is 11.5 Å². The van der Waals surface area contributed by atoms with Crippen LogP contribution in [0.15, 0.2) is 42.5 Å². The third-order valence-corrected chi connectivity index (χ3v) is 4.96. The highest BCUT2D eigenvalue weighted by molar-refractivity contribution is 5.96. The molecule has 2 aromatic rings. The van der Waals surface area contributed by atoms with E-state index in [9.17, 15) is 14.4 Å². The average Bonchev–Trinajstić information content (AvgIpc) is 2.73. The van der Waals surface area contributed by atoms with Gasteiger partial charge in [0.05, 0.1) is 6.54 Å². The Morgan fingerprint density at radius 3 is 2.26 bits per heavy atom. The van der Waals surface area contributed by atoms with E-state index < -0.39 is 30.7 Å². The lowest BCUT2D eigenvalue weighted by Crippen LogP contribution is -2.45. The van der Waals surface area contributed by atoms with Gasteiger partial charge in [0.25, 0.3) is 5.91 Å². The molecule has 2 unspecified atom stereocenters. The number of nitrogens with one attached hydrogen (secondary N) is 1. The molecule has 8 nitrogen and oxygen atoms in total. The summed E-state index contributed by atoms with van der Waals surface area (Å²) in [4.78, 5) is 38.3. The number of carbonyl (C=O) groups excluding carboxylic acids is 3. The SMILES string of the molecule is Cc1cccc(C)c1NC(=O)CN(C)C(=O)COC(=O)C1Oc2ccccc2OC1C. The Kier molecular flexibility index (Phi) is 6.79. The first-order chi connectivity index (χ1) is 14.8. The number of ether oxygens (including phenoxy) is 3. The maximum absolute atomic E-state index is 12.4. The standard InChI is InChI=1S/C23H26N2O6/c1-14-8-7-9-15(2)21(14)24-19(26)12-25(4)20(27)13-29-23(28)22-16(3)30-17-10-5-6-11-18(17)31-22/h5-11,16,22H,12-13H2,1-4H3,(H,24,26). The average molecular weight is 426 g/mol. The molecular weight excluding hydrogens is 400 g/mol. The minimum absolute atomic E-state index is 0.170. The van der Waals surface area contributed by atoms with E-state index in [2.05, 4.69) is 5.32 Å². The van der Waals surface area contributed by atoms with E-state index >= 15 is 0 Å². The van der Waals surface area contributed by atoms with Crippen molar-refractivity contribution in [3.63, 3.8) is 0 Å². The Bertz CT molecular complexity index is 970. The highest BCUT2D eigenvalue weighted by Gasteiger charge is 2.35. The van der Waals surface area contributed by atoms with E-state index in [4.69, 9.17) is 14.2 Å². The number of anilines is 1. The van der Waals surface area contributed by atoms with Gasteiger partial charge in [0.15, 0.2) is 18.1 Å². The third-order valence-electron chi connectivity index (χ3n) is 4.96. The van der Waals surface area contributed by atoms with Gasteiger partial charge >= 0.3 is 5.97 Å². The van der Waals surface area contributed by atoms with Crippen molar-refractivity contribution in [1.82, 2.24) is 4.90 Å². The van der Waals surface area contributed by atoms with Crippen LogP contribution in [0, 0.1) is 13.8 Å². The van der Waals surface area contributed by atoms with Gasteiger partial charge in [0.2, 0.25) is 12.0 Å². The number of carbonyl (C=O) groups is 3. The van der Waals surface area contributed by atoms with Crippen molar-refractivity contribution in [2.45, 2.75) is 33.0 Å². The lowest BCUT2D eigenvalue weighted by Gasteiger charge is -2.30. The molecule has 0 bridgehead atoms. The van der Waals surface area contributed by atoms with Gasteiger partial charge in [-0.2, -0.15) is 0 Å². The number of esters is 1. The minimum atomic E-state index is -0.986. The van der Waals surface area contributed by atoms with Gasteiger partial charge in [-0.05, 0) is 44.0 Å². The summed E-state index contributed by atoms with van der Waals surface area (Å²) in [6, 6.07) is 12.7. The van der Waals surface area contributed by atoms with Crippen LogP contribution in [0.25, 0.3) is 0 Å². The van der Waals surface area contributed by atoms with Crippen LogP contribution in [-0.2, 0) is 19.1 Å². The van der Waals surface area contributed by atoms with Gasteiger partial charge < -0.3 is 24.4 Å². The summed E-state index contributed by atoms with van der Waals surface area (Å²) >= 11 is 0. The van der Waals surface area contributed by atoms with Crippen LogP contribution in [0.4, 0.5) is 5.69 Å². The summed E-state index contributed by atoms with van der Waals surface area (Å²) in [6.45, 7) is 4.81. The summed E-state index contributed by atoms with van der Waals surface area (Å²) < 4.78 is 16.5. The Morgan fingerprint density at radius 1 is 1.00 bits per heavy atom. The Balaban J connectivity index is 1.50. The zero-order valence-corrected chi connectivity index (χ0v) is 18.0. The number of likely N-dealkylation sites (N-methyl/N-ethyl adjacent to an activating group) is 1. The maximum atomic E-state index is 12.4. The van der Waals surface area contributed by atoms with Crippen molar-refractivity contribution >= 4 is 23.5 Å². The largest absolute Gasteiger partial charge is 0.482 e. The van der Waals surface area contributed by atoms with Crippen LogP contribution in [0.1, 0.15) is 18.1 Å². The van der Waals surface area contributed by atoms with Crippen LogP contribution >= 0.6 is 0 Å². The molecule has 2 aromatic carbocycles. The number of nitrogens with zero attached hydrogens (tertiary/aromatic N) is 1. The number of hydrogen-bond donors (Lipinski definition) is 1. The van der Waals surface area contributed by atoms with Crippen LogP contribution in [0.5, 0.6) is 11.5 Å². The maximum Gasteiger partial charge on any atom is 0.351 e. The van der Waals surface area contributed by atoms with Crippen molar-refractivity contribution in [1.29, 1.82) is 0 Å². The molecule has 0 saturated heterocycles. The summed E-state index contributed by atoms with van der Waals surface area (Å²) in [5.41, 5.74) is 2.59. The zero-order valence-electron chi connectivity index (χ0n) is 18.0. The lowest BCUT2D eigenvalue weighted by molar-refractivity contribution is -0.162. The summed E-state index contributed by atoms with van der Waals surface area (Å²) in [7, 11) is 1.47. The monoisotopic (exact) mass is 426 g/mol. The van der Waals surface area contributed by atoms with Crippen LogP contribution in [0.2, 0.25) is 0 Å². The van der Waals surface area contributed by atoms with Gasteiger partial charge in [-0.3, -0.25) is 9.59 Å². The van der Waals surface area contributed by atoms with Crippen LogP contribution in [-0.4, -0.2) is 55.1 Å². The van der Waals surface area contributed by atoms with Crippen molar-refractivity contribution in [2.75, 3.05) is 25.5 Å². The second-order valence-electron chi connectivity index (χ2n) is 7.48. The number of amides is 2. The van der Waals surface area contributed by atoms with E-state index in [1.807, 2.05) is 32.0 Å². The van der Waals surface area contributed by atoms with Gasteiger partial charge in [0.1, 0.15) is 6.10 Å². The topological polar surface area (TPSA) is 94.2 Å². The predicted molar refractivity (Wildman–Crippen MR) is 114 cm³/mol. The van der Waals surface area contributed by atoms with Crippen molar-refractivity contribution in [3.8, 4) is 11.5 Å². The fraction of sp³-hybridized carbons (Fsp3) is 0.348. The highest BCUT2D eigenvalue weighted by Crippen LogP contribution is 2.33. The molecule has 0 fully saturated rings. The molecule has 0 aliphatic carbocycles. The number of hydrogen-bond acceptors (Lipinski definition) is 6. The quantitative estimate of drug-likeness (QED) is 0.714. The lowest BCUT2D eigenvalue weighted by atomic mass is 10.1. The first kappa shape index (κ1) is 22.1. The first-order valence-corrected chi connectivity index (χ1v) is 9.95. The number of benzene rings is 2. The number of para-hydroxylation sites is 3. The Labute approximate surface area is 181 Å². The number of fused-ring (bicyclic) bond motifs is 1. The third kappa shape index (κ3) is 5.33. The second-order valence-corrected chi connectivity index (χ2v) is 7.48. The molecule has 1 heterocycles. The molecule has 1 N–H and O–H groups in total. The van der Waals surface area contributed by atoms with Gasteiger partial charge in [-0.25, -0.2) is 4.79 Å². The van der Waals surface area contributed by atoms with Crippen LogP contribution in [0.3, 0.4) is 0 Å². The first-order valence-electron chi connectivity index (χ1n) is 9.95. The molecule has 164 valence electrons. The van der Waals surface area contributed by atoms with Crippen molar-refractivity contribution in [2.24, 2.45) is 0 Å². The highest BCUT2D eigenvalue weighted by atomic mass is 16.6. The van der Waals surface area contributed by atoms with E-state index in [1.54, 1.807) is 31.2 Å². The normalized spacial score (nSPS) is 16.9. The fourth-order valence-corrected chi connectivity index (χ4v) is 3.20. The molecule has 2 atom stereocenters. The van der Waals surface area contributed by atoms with E-state index in [1.165, 1.54) is 11.9 Å². The molecule has 8 heteroatoms. The van der Waals surface area contributed by atoms with Crippen LogP contribution < -0.4 is 14.8 Å². The van der Waals surface area contributed by atoms with E-state index in [-0.39, 0.29) is 12.5 Å². The Hall–Kier alpha value is -3.55. The molecule has 0 saturated carbocycles. The fourth-order valence-electron chi connectivity index (χ4n) is 3.20. The zero-order chi connectivity index (χ0) is 22.5. The van der Waals surface area contributed by atoms with Gasteiger partial charge in [-0.15, -0.1) is 0 Å². The molecule has 0 radical (unpaired) electrons. The smallest absolute Gasteiger partial charge is 0.351 e. The molecule has 0 aromatic heterocycles.